The van der Waals surface area contributed by atoms with Gasteiger partial charge in [0.25, 0.3) is 0 Å². The molecular formula is C40H37N5O3S. The lowest BCUT2D eigenvalue weighted by Gasteiger charge is -2.44. The Bertz CT molecular complexity index is 1810. The van der Waals surface area contributed by atoms with E-state index in [1.165, 1.54) is 29.2 Å². The zero-order valence-corrected chi connectivity index (χ0v) is 28.0. The summed E-state index contributed by atoms with van der Waals surface area (Å²) in [5.41, 5.74) is 6.13. The van der Waals surface area contributed by atoms with Gasteiger partial charge in [-0.15, -0.1) is 0 Å². The molecule has 2 atom stereocenters. The lowest BCUT2D eigenvalue weighted by Crippen LogP contribution is -2.49. The highest BCUT2D eigenvalue weighted by molar-refractivity contribution is 7.99. The normalized spacial score (nSPS) is 17.9. The van der Waals surface area contributed by atoms with E-state index >= 15 is 0 Å². The van der Waals surface area contributed by atoms with Crippen LogP contribution in [0.5, 0.6) is 0 Å². The minimum Gasteiger partial charge on any atom is -0.442 e. The first-order chi connectivity index (χ1) is 24.0. The standard InChI is InChI=1S/C40H37N5O3S/c1-29(46)43-25-36-27-45(39(47)48-36)35-20-18-30(19-21-35)31-24-37(44(26-31)28-49-38-41-22-11-23-42-38)40(32-12-5-2-6-13-32,33-14-7-3-8-15-33)34-16-9-4-10-17-34/h2-24,36-37H,25-28H2,1H3,(H,43,46)/t36-,37-/m0/s1. The summed E-state index contributed by atoms with van der Waals surface area (Å²) in [4.78, 5) is 37.2. The van der Waals surface area contributed by atoms with Crippen LogP contribution in [0.2, 0.25) is 0 Å². The fourth-order valence-electron chi connectivity index (χ4n) is 6.95. The summed E-state index contributed by atoms with van der Waals surface area (Å²) < 4.78 is 5.51. The summed E-state index contributed by atoms with van der Waals surface area (Å²) in [5, 5.41) is 3.47. The van der Waals surface area contributed by atoms with E-state index in [2.05, 4.69) is 129 Å². The molecule has 2 aliphatic rings. The maximum absolute atomic E-state index is 12.7. The van der Waals surface area contributed by atoms with Gasteiger partial charge in [-0.25, -0.2) is 14.8 Å². The van der Waals surface area contributed by atoms with Gasteiger partial charge in [-0.1, -0.05) is 121 Å². The Kier molecular flexibility index (Phi) is 9.54. The number of carbonyl (C=O) groups excluding carboxylic acids is 2. The number of nitrogens with one attached hydrogen (secondary N) is 1. The maximum atomic E-state index is 12.7. The predicted octanol–water partition coefficient (Wildman–Crippen LogP) is 6.79. The van der Waals surface area contributed by atoms with Crippen molar-refractivity contribution < 1.29 is 14.3 Å². The summed E-state index contributed by atoms with van der Waals surface area (Å²) in [6.07, 6.45) is 5.18. The average Bonchev–Trinajstić information content (AvgIpc) is 3.75. The molecule has 1 fully saturated rings. The van der Waals surface area contributed by atoms with E-state index in [0.717, 1.165) is 16.4 Å². The molecular weight excluding hydrogens is 631 g/mol. The van der Waals surface area contributed by atoms with E-state index in [1.807, 2.05) is 18.2 Å². The maximum Gasteiger partial charge on any atom is 0.414 e. The number of thioether (sulfide) groups is 1. The molecule has 0 bridgehead atoms. The van der Waals surface area contributed by atoms with E-state index in [9.17, 15) is 9.59 Å². The van der Waals surface area contributed by atoms with Crippen LogP contribution in [-0.2, 0) is 14.9 Å². The number of rotatable bonds is 11. The minimum atomic E-state index is -0.536. The quantitative estimate of drug-likeness (QED) is 0.0943. The number of hydrogen-bond donors (Lipinski definition) is 1. The van der Waals surface area contributed by atoms with Gasteiger partial charge in [-0.2, -0.15) is 0 Å². The largest absolute Gasteiger partial charge is 0.442 e. The van der Waals surface area contributed by atoms with E-state index in [-0.39, 0.29) is 18.5 Å². The van der Waals surface area contributed by atoms with Crippen molar-refractivity contribution in [3.8, 4) is 0 Å². The summed E-state index contributed by atoms with van der Waals surface area (Å²) in [5.74, 6) is 0.526. The summed E-state index contributed by atoms with van der Waals surface area (Å²) in [7, 11) is 0. The van der Waals surface area contributed by atoms with Crippen LogP contribution >= 0.6 is 11.8 Å². The number of ether oxygens (including phenoxy) is 1. The van der Waals surface area contributed by atoms with E-state index in [4.69, 9.17) is 4.74 Å². The third kappa shape index (κ3) is 6.72. The SMILES string of the molecule is CC(=O)NC[C@H]1CN(c2ccc(C3=C[C@@H](C(c4ccccc4)(c4ccccc4)c4ccccc4)N(CSc4ncccn4)C3)cc2)C(=O)O1. The van der Waals surface area contributed by atoms with Gasteiger partial charge in [-0.3, -0.25) is 14.6 Å². The summed E-state index contributed by atoms with van der Waals surface area (Å²) in [6, 6.07) is 42.2. The van der Waals surface area contributed by atoms with Gasteiger partial charge in [0.05, 0.1) is 24.4 Å². The Morgan fingerprint density at radius 3 is 1.96 bits per heavy atom. The van der Waals surface area contributed by atoms with E-state index < -0.39 is 17.6 Å². The number of cyclic esters (lactones) is 1. The lowest BCUT2D eigenvalue weighted by atomic mass is 9.64. The van der Waals surface area contributed by atoms with Gasteiger partial charge in [0, 0.05) is 37.6 Å². The molecule has 1 N–H and O–H groups in total. The molecule has 0 unspecified atom stereocenters. The fraction of sp³-hybridized carbons (Fsp3) is 0.200. The van der Waals surface area contributed by atoms with Crippen LogP contribution in [-0.4, -0.2) is 64.5 Å². The number of anilines is 1. The second-order valence-electron chi connectivity index (χ2n) is 12.2. The Labute approximate surface area is 290 Å². The molecule has 3 heterocycles. The first-order valence-electron chi connectivity index (χ1n) is 16.4. The van der Waals surface area contributed by atoms with Crippen LogP contribution in [0.15, 0.2) is 145 Å². The smallest absolute Gasteiger partial charge is 0.414 e. The molecule has 0 radical (unpaired) electrons. The fourth-order valence-corrected chi connectivity index (χ4v) is 7.75. The predicted molar refractivity (Wildman–Crippen MR) is 193 cm³/mol. The molecule has 8 nitrogen and oxygen atoms in total. The van der Waals surface area contributed by atoms with Crippen molar-refractivity contribution in [1.29, 1.82) is 0 Å². The Hall–Kier alpha value is -5.25. The number of benzene rings is 4. The molecule has 49 heavy (non-hydrogen) atoms. The highest BCUT2D eigenvalue weighted by Gasteiger charge is 2.47. The monoisotopic (exact) mass is 667 g/mol. The van der Waals surface area contributed by atoms with Crippen molar-refractivity contribution >= 4 is 35.0 Å². The Morgan fingerprint density at radius 1 is 0.837 bits per heavy atom. The molecule has 0 aliphatic carbocycles. The third-order valence-corrected chi connectivity index (χ3v) is 10.1. The van der Waals surface area contributed by atoms with Crippen LogP contribution in [0.25, 0.3) is 5.57 Å². The molecule has 1 saturated heterocycles. The van der Waals surface area contributed by atoms with Crippen LogP contribution in [0.1, 0.15) is 29.2 Å². The second-order valence-corrected chi connectivity index (χ2v) is 13.1. The number of amides is 2. The topological polar surface area (TPSA) is 87.7 Å². The van der Waals surface area contributed by atoms with Crippen molar-refractivity contribution in [1.82, 2.24) is 20.2 Å². The molecule has 7 rings (SSSR count). The Morgan fingerprint density at radius 2 is 1.41 bits per heavy atom. The van der Waals surface area contributed by atoms with E-state index in [0.29, 0.717) is 19.0 Å². The van der Waals surface area contributed by atoms with Gasteiger partial charge in [0.15, 0.2) is 5.16 Å². The summed E-state index contributed by atoms with van der Waals surface area (Å²) >= 11 is 1.63. The first kappa shape index (κ1) is 32.3. The molecule has 4 aromatic carbocycles. The number of hydrogen-bond acceptors (Lipinski definition) is 7. The first-order valence-corrected chi connectivity index (χ1v) is 17.3. The molecule has 9 heteroatoms. The zero-order chi connectivity index (χ0) is 33.6. The zero-order valence-electron chi connectivity index (χ0n) is 27.2. The van der Waals surface area contributed by atoms with Crippen LogP contribution in [0, 0.1) is 0 Å². The average molecular weight is 668 g/mol. The van der Waals surface area contributed by atoms with Crippen molar-refractivity contribution in [3.63, 3.8) is 0 Å². The Balaban J connectivity index is 1.29. The van der Waals surface area contributed by atoms with Gasteiger partial charge in [-0.05, 0) is 46.0 Å². The lowest BCUT2D eigenvalue weighted by molar-refractivity contribution is -0.119. The highest BCUT2D eigenvalue weighted by atomic mass is 32.2. The minimum absolute atomic E-state index is 0.0614. The van der Waals surface area contributed by atoms with Gasteiger partial charge >= 0.3 is 6.09 Å². The highest BCUT2D eigenvalue weighted by Crippen LogP contribution is 2.48. The number of aromatic nitrogens is 2. The van der Waals surface area contributed by atoms with Crippen LogP contribution in [0.3, 0.4) is 0 Å². The number of carbonyl (C=O) groups is 2. The number of nitrogens with zero attached hydrogens (tertiary/aromatic N) is 4. The molecule has 2 amide bonds. The molecule has 0 saturated carbocycles. The van der Waals surface area contributed by atoms with Crippen molar-refractivity contribution in [2.45, 2.75) is 29.6 Å². The van der Waals surface area contributed by atoms with Gasteiger partial charge in [0.1, 0.15) is 6.10 Å². The van der Waals surface area contributed by atoms with Crippen LogP contribution < -0.4 is 10.2 Å². The molecule has 5 aromatic rings. The van der Waals surface area contributed by atoms with Crippen molar-refractivity contribution in [2.75, 3.05) is 30.4 Å². The molecule has 0 spiro atoms. The molecule has 2 aliphatic heterocycles. The van der Waals surface area contributed by atoms with E-state index in [1.54, 1.807) is 29.1 Å². The third-order valence-electron chi connectivity index (χ3n) is 9.16. The molecule has 246 valence electrons. The second kappa shape index (κ2) is 14.5. The van der Waals surface area contributed by atoms with Gasteiger partial charge in [0.2, 0.25) is 5.91 Å². The summed E-state index contributed by atoms with van der Waals surface area (Å²) in [6.45, 7) is 2.83. The van der Waals surface area contributed by atoms with Crippen LogP contribution in [0.4, 0.5) is 10.5 Å². The van der Waals surface area contributed by atoms with Gasteiger partial charge < -0.3 is 10.1 Å². The van der Waals surface area contributed by atoms with Crippen molar-refractivity contribution in [2.24, 2.45) is 0 Å². The molecule has 1 aromatic heterocycles. The van der Waals surface area contributed by atoms with Crippen molar-refractivity contribution in [3.05, 3.63) is 162 Å².